The first-order valence-electron chi connectivity index (χ1n) is 7.65. The number of benzene rings is 2. The lowest BCUT2D eigenvalue weighted by Crippen LogP contribution is -2.04. The Balaban J connectivity index is 2.12. The summed E-state index contributed by atoms with van der Waals surface area (Å²) in [5.41, 5.74) is 1.96. The summed E-state index contributed by atoms with van der Waals surface area (Å²) in [5.74, 6) is 0.880. The van der Waals surface area contributed by atoms with Crippen molar-refractivity contribution in [1.82, 2.24) is 0 Å². The minimum atomic E-state index is -0.0565. The van der Waals surface area contributed by atoms with Gasteiger partial charge >= 0.3 is 0 Å². The molecule has 0 bridgehead atoms. The van der Waals surface area contributed by atoms with Crippen LogP contribution in [0.4, 0.5) is 0 Å². The average Bonchev–Trinajstić information content (AvgIpc) is 2.93. The number of aryl methyl sites for hydroxylation is 1. The Morgan fingerprint density at radius 1 is 1.22 bits per heavy atom. The van der Waals surface area contributed by atoms with Gasteiger partial charge in [-0.2, -0.15) is 0 Å². The maximum atomic E-state index is 13.0. The molecule has 0 saturated heterocycles. The fraction of sp³-hybridized carbons (Fsp3) is 0.211. The van der Waals surface area contributed by atoms with Crippen LogP contribution in [0.1, 0.15) is 41.4 Å². The number of rotatable bonds is 5. The summed E-state index contributed by atoms with van der Waals surface area (Å²) < 4.78 is 6.59. The molecule has 0 spiro atoms. The molecule has 0 fully saturated rings. The van der Waals surface area contributed by atoms with E-state index in [1.807, 2.05) is 46.9 Å². The number of carbonyl (C=O) groups is 1. The van der Waals surface area contributed by atoms with Crippen LogP contribution in [0, 0.1) is 3.57 Å². The summed E-state index contributed by atoms with van der Waals surface area (Å²) in [6.45, 7) is 2.12. The molecule has 0 atom stereocenters. The van der Waals surface area contributed by atoms with Gasteiger partial charge < -0.3 is 9.52 Å². The number of fused-ring (bicyclic) bond motifs is 1. The van der Waals surface area contributed by atoms with Gasteiger partial charge in [-0.25, -0.2) is 0 Å². The summed E-state index contributed by atoms with van der Waals surface area (Å²) in [7, 11) is 0. The lowest BCUT2D eigenvalue weighted by Gasteiger charge is -2.04. The summed E-state index contributed by atoms with van der Waals surface area (Å²) >= 11 is 2.02. The van der Waals surface area contributed by atoms with E-state index >= 15 is 0 Å². The fourth-order valence-corrected chi connectivity index (χ4v) is 3.17. The largest absolute Gasteiger partial charge is 0.507 e. The van der Waals surface area contributed by atoms with Gasteiger partial charge in [0.15, 0.2) is 5.78 Å². The maximum absolute atomic E-state index is 13.0. The average molecular weight is 420 g/mol. The molecule has 3 aromatic rings. The second-order valence-corrected chi connectivity index (χ2v) is 6.66. The van der Waals surface area contributed by atoms with Crippen molar-refractivity contribution in [3.8, 4) is 5.75 Å². The zero-order valence-electron chi connectivity index (χ0n) is 12.8. The van der Waals surface area contributed by atoms with E-state index in [1.165, 1.54) is 0 Å². The van der Waals surface area contributed by atoms with Crippen LogP contribution in [0.5, 0.6) is 5.75 Å². The third-order valence-electron chi connectivity index (χ3n) is 3.86. The molecule has 4 heteroatoms. The van der Waals surface area contributed by atoms with Crippen molar-refractivity contribution in [1.29, 1.82) is 0 Å². The number of carbonyl (C=O) groups excluding carboxylic acids is 1. The quantitative estimate of drug-likeness (QED) is 0.449. The summed E-state index contributed by atoms with van der Waals surface area (Å²) in [5, 5.41) is 10.5. The van der Waals surface area contributed by atoms with E-state index in [2.05, 4.69) is 6.92 Å². The first kappa shape index (κ1) is 16.1. The van der Waals surface area contributed by atoms with E-state index in [-0.39, 0.29) is 11.5 Å². The standard InChI is InChI=1S/C19H17IO3/c1-2-3-7-17-18(13-6-4-5-8-16(13)23-17)19(22)12-9-10-15(21)14(20)11-12/h4-6,8-11,21H,2-3,7H2,1H3. The van der Waals surface area contributed by atoms with Crippen LogP contribution in [-0.4, -0.2) is 10.9 Å². The van der Waals surface area contributed by atoms with Gasteiger partial charge in [0.2, 0.25) is 0 Å². The monoisotopic (exact) mass is 420 g/mol. The topological polar surface area (TPSA) is 50.4 Å². The SMILES string of the molecule is CCCCc1oc2ccccc2c1C(=O)c1ccc(O)c(I)c1. The minimum Gasteiger partial charge on any atom is -0.507 e. The van der Waals surface area contributed by atoms with E-state index in [1.54, 1.807) is 18.2 Å². The number of furan rings is 1. The van der Waals surface area contributed by atoms with Crippen LogP contribution in [0.25, 0.3) is 11.0 Å². The van der Waals surface area contributed by atoms with Gasteiger partial charge in [0.1, 0.15) is 17.1 Å². The predicted molar refractivity (Wildman–Crippen MR) is 99.1 cm³/mol. The van der Waals surface area contributed by atoms with Crippen LogP contribution in [0.15, 0.2) is 46.9 Å². The molecule has 0 radical (unpaired) electrons. The van der Waals surface area contributed by atoms with Crippen molar-refractivity contribution in [2.24, 2.45) is 0 Å². The van der Waals surface area contributed by atoms with Gasteiger partial charge in [-0.3, -0.25) is 4.79 Å². The zero-order valence-corrected chi connectivity index (χ0v) is 15.0. The molecule has 0 unspecified atom stereocenters. The van der Waals surface area contributed by atoms with Gasteiger partial charge in [-0.1, -0.05) is 31.5 Å². The van der Waals surface area contributed by atoms with Crippen LogP contribution in [0.3, 0.4) is 0 Å². The van der Waals surface area contributed by atoms with Gasteiger partial charge in [-0.15, -0.1) is 0 Å². The molecule has 118 valence electrons. The number of para-hydroxylation sites is 1. The summed E-state index contributed by atoms with van der Waals surface area (Å²) in [6.07, 6.45) is 2.77. The lowest BCUT2D eigenvalue weighted by atomic mass is 9.98. The van der Waals surface area contributed by atoms with Crippen molar-refractivity contribution in [2.45, 2.75) is 26.2 Å². The number of halogens is 1. The molecule has 0 aliphatic heterocycles. The Morgan fingerprint density at radius 2 is 2.00 bits per heavy atom. The molecular formula is C19H17IO3. The number of unbranched alkanes of at least 4 members (excludes halogenated alkanes) is 1. The van der Waals surface area contributed by atoms with Crippen LogP contribution in [0.2, 0.25) is 0 Å². The molecule has 3 rings (SSSR count). The molecule has 0 aliphatic rings. The highest BCUT2D eigenvalue weighted by Crippen LogP contribution is 2.30. The molecule has 1 N–H and O–H groups in total. The van der Waals surface area contributed by atoms with Gasteiger partial charge in [0.25, 0.3) is 0 Å². The maximum Gasteiger partial charge on any atom is 0.197 e. The number of aromatic hydroxyl groups is 1. The highest BCUT2D eigenvalue weighted by Gasteiger charge is 2.22. The van der Waals surface area contributed by atoms with E-state index in [4.69, 9.17) is 4.42 Å². The third kappa shape index (κ3) is 3.13. The Labute approximate surface area is 148 Å². The van der Waals surface area contributed by atoms with E-state index in [0.29, 0.717) is 14.7 Å². The first-order valence-corrected chi connectivity index (χ1v) is 8.73. The number of hydrogen-bond acceptors (Lipinski definition) is 3. The molecule has 23 heavy (non-hydrogen) atoms. The second kappa shape index (κ2) is 6.74. The summed E-state index contributed by atoms with van der Waals surface area (Å²) in [4.78, 5) is 13.0. The van der Waals surface area contributed by atoms with Crippen LogP contribution in [-0.2, 0) is 6.42 Å². The zero-order chi connectivity index (χ0) is 16.4. The molecule has 2 aromatic carbocycles. The lowest BCUT2D eigenvalue weighted by molar-refractivity contribution is 0.103. The molecular weight excluding hydrogens is 403 g/mol. The smallest absolute Gasteiger partial charge is 0.197 e. The van der Waals surface area contributed by atoms with Crippen LogP contribution < -0.4 is 0 Å². The Hall–Kier alpha value is -1.82. The molecule has 0 saturated carbocycles. The highest BCUT2D eigenvalue weighted by molar-refractivity contribution is 14.1. The van der Waals surface area contributed by atoms with Crippen molar-refractivity contribution < 1.29 is 14.3 Å². The minimum absolute atomic E-state index is 0.0565. The molecule has 0 amide bonds. The third-order valence-corrected chi connectivity index (χ3v) is 4.73. The molecule has 0 aliphatic carbocycles. The Kier molecular flexibility index (Phi) is 4.71. The van der Waals surface area contributed by atoms with Gasteiger partial charge in [0, 0.05) is 17.4 Å². The van der Waals surface area contributed by atoms with Crippen molar-refractivity contribution in [3.63, 3.8) is 0 Å². The van der Waals surface area contributed by atoms with Gasteiger partial charge in [0.05, 0.1) is 9.13 Å². The van der Waals surface area contributed by atoms with Crippen molar-refractivity contribution in [2.75, 3.05) is 0 Å². The number of ketones is 1. The second-order valence-electron chi connectivity index (χ2n) is 5.50. The predicted octanol–water partition coefficient (Wildman–Crippen LogP) is 5.32. The van der Waals surface area contributed by atoms with Gasteiger partial charge in [-0.05, 0) is 53.3 Å². The Bertz CT molecular complexity index is 864. The van der Waals surface area contributed by atoms with Crippen molar-refractivity contribution >= 4 is 39.3 Å². The van der Waals surface area contributed by atoms with Crippen molar-refractivity contribution in [3.05, 3.63) is 62.9 Å². The summed E-state index contributed by atoms with van der Waals surface area (Å²) in [6, 6.07) is 12.6. The number of phenolic OH excluding ortho intramolecular Hbond substituents is 1. The normalized spacial score (nSPS) is 11.0. The number of phenols is 1. The van der Waals surface area contributed by atoms with E-state index in [9.17, 15) is 9.90 Å². The first-order chi connectivity index (χ1) is 11.1. The molecule has 1 aromatic heterocycles. The number of hydrogen-bond donors (Lipinski definition) is 1. The van der Waals surface area contributed by atoms with Crippen LogP contribution >= 0.6 is 22.6 Å². The highest BCUT2D eigenvalue weighted by atomic mass is 127. The fourth-order valence-electron chi connectivity index (χ4n) is 2.65. The van der Waals surface area contributed by atoms with E-state index in [0.717, 1.165) is 36.0 Å². The van der Waals surface area contributed by atoms with E-state index < -0.39 is 0 Å². The molecule has 1 heterocycles. The Morgan fingerprint density at radius 3 is 2.74 bits per heavy atom. The molecule has 3 nitrogen and oxygen atoms in total.